The lowest BCUT2D eigenvalue weighted by Gasteiger charge is -2.13. The molecule has 8 heteroatoms. The van der Waals surface area contributed by atoms with E-state index in [2.05, 4.69) is 9.71 Å². The topological polar surface area (TPSA) is 72.7 Å². The molecule has 0 saturated carbocycles. The predicted molar refractivity (Wildman–Crippen MR) is 71.9 cm³/mol. The van der Waals surface area contributed by atoms with Crippen LogP contribution in [0.15, 0.2) is 29.4 Å². The highest BCUT2D eigenvalue weighted by molar-refractivity contribution is 7.89. The van der Waals surface area contributed by atoms with E-state index >= 15 is 0 Å². The summed E-state index contributed by atoms with van der Waals surface area (Å²) < 4.78 is 33.4. The minimum absolute atomic E-state index is 0.0525. The van der Waals surface area contributed by atoms with Gasteiger partial charge in [-0.1, -0.05) is 17.7 Å². The lowest BCUT2D eigenvalue weighted by molar-refractivity contribution is 0.180. The molecule has 1 N–H and O–H groups in total. The van der Waals surface area contributed by atoms with Crippen LogP contribution in [-0.2, 0) is 14.8 Å². The molecule has 0 aromatic carbocycles. The summed E-state index contributed by atoms with van der Waals surface area (Å²) in [7, 11) is -2.25. The van der Waals surface area contributed by atoms with Crippen LogP contribution in [0.4, 0.5) is 0 Å². The molecule has 6 nitrogen and oxygen atoms in total. The highest BCUT2D eigenvalue weighted by Crippen LogP contribution is 2.22. The molecule has 0 aliphatic carbocycles. The van der Waals surface area contributed by atoms with E-state index in [0.717, 1.165) is 0 Å². The first-order valence-electron chi connectivity index (χ1n) is 5.59. The molecule has 0 aliphatic heterocycles. The van der Waals surface area contributed by atoms with E-state index in [1.54, 1.807) is 31.3 Å². The van der Waals surface area contributed by atoms with Crippen LogP contribution in [0.3, 0.4) is 0 Å². The Morgan fingerprint density at radius 2 is 2.26 bits per heavy atom. The third kappa shape index (κ3) is 2.89. The summed E-state index contributed by atoms with van der Waals surface area (Å²) in [5.41, 5.74) is 0.479. The Labute approximate surface area is 116 Å². The number of hydrogen-bond donors (Lipinski definition) is 1. The molecule has 0 saturated heterocycles. The average molecular weight is 304 g/mol. The fourth-order valence-corrected chi connectivity index (χ4v) is 3.66. The maximum absolute atomic E-state index is 12.3. The van der Waals surface area contributed by atoms with Gasteiger partial charge in [0.1, 0.15) is 5.65 Å². The highest BCUT2D eigenvalue weighted by Gasteiger charge is 2.25. The van der Waals surface area contributed by atoms with E-state index in [-0.39, 0.29) is 22.8 Å². The fourth-order valence-electron chi connectivity index (χ4n) is 1.79. The second-order valence-electron chi connectivity index (χ2n) is 4.11. The Morgan fingerprint density at radius 1 is 1.53 bits per heavy atom. The lowest BCUT2D eigenvalue weighted by atomic mass is 10.4. The highest BCUT2D eigenvalue weighted by atomic mass is 35.5. The second-order valence-corrected chi connectivity index (χ2v) is 6.10. The lowest BCUT2D eigenvalue weighted by Crippen LogP contribution is -2.36. The standard InChI is InChI=1S/C11H14ClN3O3S/c1-8(7-18-2)14-19(16,17)11-10(12)13-9-5-3-4-6-15(9)11/h3-6,8,14H,7H2,1-2H3. The van der Waals surface area contributed by atoms with Gasteiger partial charge in [0.15, 0.2) is 10.2 Å². The molecular formula is C11H14ClN3O3S. The van der Waals surface area contributed by atoms with Gasteiger partial charge < -0.3 is 4.74 Å². The molecule has 104 valence electrons. The first kappa shape index (κ1) is 14.3. The number of methoxy groups -OCH3 is 1. The van der Waals surface area contributed by atoms with Crippen LogP contribution < -0.4 is 4.72 Å². The molecule has 1 atom stereocenters. The van der Waals surface area contributed by atoms with E-state index in [9.17, 15) is 8.42 Å². The van der Waals surface area contributed by atoms with E-state index in [4.69, 9.17) is 16.3 Å². The number of fused-ring (bicyclic) bond motifs is 1. The first-order valence-corrected chi connectivity index (χ1v) is 7.45. The Kier molecular flexibility index (Phi) is 4.10. The molecule has 0 aliphatic rings. The zero-order chi connectivity index (χ0) is 14.0. The molecule has 0 spiro atoms. The van der Waals surface area contributed by atoms with Crippen molar-refractivity contribution in [1.29, 1.82) is 0 Å². The molecule has 2 heterocycles. The number of pyridine rings is 1. The van der Waals surface area contributed by atoms with Crippen LogP contribution in [0, 0.1) is 0 Å². The summed E-state index contributed by atoms with van der Waals surface area (Å²) >= 11 is 5.93. The quantitative estimate of drug-likeness (QED) is 0.903. The monoisotopic (exact) mass is 303 g/mol. The minimum Gasteiger partial charge on any atom is -0.383 e. The summed E-state index contributed by atoms with van der Waals surface area (Å²) in [6, 6.07) is 4.79. The van der Waals surface area contributed by atoms with E-state index in [1.165, 1.54) is 11.5 Å². The molecule has 2 aromatic rings. The Bertz CT molecular complexity index is 684. The first-order chi connectivity index (χ1) is 8.95. The molecule has 0 radical (unpaired) electrons. The smallest absolute Gasteiger partial charge is 0.260 e. The van der Waals surface area contributed by atoms with Crippen molar-refractivity contribution in [2.24, 2.45) is 0 Å². The number of aromatic nitrogens is 2. The van der Waals surface area contributed by atoms with Crippen molar-refractivity contribution in [3.8, 4) is 0 Å². The van der Waals surface area contributed by atoms with Gasteiger partial charge in [0.2, 0.25) is 0 Å². The number of rotatable bonds is 5. The maximum Gasteiger partial charge on any atom is 0.260 e. The summed E-state index contributed by atoms with van der Waals surface area (Å²) in [4.78, 5) is 4.01. The van der Waals surface area contributed by atoms with Crippen molar-refractivity contribution in [2.45, 2.75) is 18.0 Å². The zero-order valence-corrected chi connectivity index (χ0v) is 12.1. The van der Waals surface area contributed by atoms with Gasteiger partial charge in [-0.05, 0) is 19.1 Å². The number of hydrogen-bond acceptors (Lipinski definition) is 4. The molecule has 2 aromatic heterocycles. The molecular weight excluding hydrogens is 290 g/mol. The van der Waals surface area contributed by atoms with Gasteiger partial charge in [0.05, 0.1) is 6.61 Å². The summed E-state index contributed by atoms with van der Waals surface area (Å²) in [6.07, 6.45) is 1.60. The number of ether oxygens (including phenoxy) is 1. The summed E-state index contributed by atoms with van der Waals surface area (Å²) in [5, 5.41) is -0.115. The normalized spacial score (nSPS) is 13.8. The third-order valence-corrected chi connectivity index (χ3v) is 4.46. The molecule has 19 heavy (non-hydrogen) atoms. The Balaban J connectivity index is 2.46. The van der Waals surface area contributed by atoms with Gasteiger partial charge in [-0.2, -0.15) is 0 Å². The number of nitrogens with zero attached hydrogens (tertiary/aromatic N) is 2. The van der Waals surface area contributed by atoms with E-state index in [0.29, 0.717) is 5.65 Å². The summed E-state index contributed by atoms with van der Waals surface area (Å²) in [5.74, 6) is 0. The van der Waals surface area contributed by atoms with E-state index in [1.807, 2.05) is 0 Å². The summed E-state index contributed by atoms with van der Waals surface area (Å²) in [6.45, 7) is 1.98. The van der Waals surface area contributed by atoms with Gasteiger partial charge in [-0.15, -0.1) is 0 Å². The largest absolute Gasteiger partial charge is 0.383 e. The van der Waals surface area contributed by atoms with Crippen LogP contribution in [0.5, 0.6) is 0 Å². The van der Waals surface area contributed by atoms with Crippen molar-refractivity contribution in [1.82, 2.24) is 14.1 Å². The van der Waals surface area contributed by atoms with Gasteiger partial charge in [-0.3, -0.25) is 4.40 Å². The Morgan fingerprint density at radius 3 is 2.95 bits per heavy atom. The van der Waals surface area contributed by atoms with Crippen molar-refractivity contribution in [3.05, 3.63) is 29.5 Å². The number of imidazole rings is 1. The van der Waals surface area contributed by atoms with Crippen LogP contribution in [-0.4, -0.2) is 37.6 Å². The molecule has 2 rings (SSSR count). The van der Waals surface area contributed by atoms with Gasteiger partial charge >= 0.3 is 0 Å². The van der Waals surface area contributed by atoms with Gasteiger partial charge in [0, 0.05) is 19.3 Å². The average Bonchev–Trinajstić information content (AvgIpc) is 2.64. The van der Waals surface area contributed by atoms with Crippen molar-refractivity contribution >= 4 is 27.3 Å². The number of nitrogens with one attached hydrogen (secondary N) is 1. The van der Waals surface area contributed by atoms with Crippen LogP contribution >= 0.6 is 11.6 Å². The van der Waals surface area contributed by atoms with Crippen LogP contribution in [0.1, 0.15) is 6.92 Å². The maximum atomic E-state index is 12.3. The predicted octanol–water partition coefficient (Wildman–Crippen LogP) is 1.30. The Hall–Kier alpha value is -1.15. The SMILES string of the molecule is COCC(C)NS(=O)(=O)c1c(Cl)nc2ccccn12. The minimum atomic E-state index is -3.76. The van der Waals surface area contributed by atoms with E-state index < -0.39 is 10.0 Å². The van der Waals surface area contributed by atoms with Gasteiger partial charge in [0.25, 0.3) is 10.0 Å². The van der Waals surface area contributed by atoms with Crippen molar-refractivity contribution in [2.75, 3.05) is 13.7 Å². The third-order valence-electron chi connectivity index (χ3n) is 2.47. The molecule has 0 fully saturated rings. The fraction of sp³-hybridized carbons (Fsp3) is 0.364. The van der Waals surface area contributed by atoms with Crippen LogP contribution in [0.2, 0.25) is 5.15 Å². The number of sulfonamides is 1. The van der Waals surface area contributed by atoms with Crippen molar-refractivity contribution < 1.29 is 13.2 Å². The second kappa shape index (κ2) is 5.46. The molecule has 0 amide bonds. The molecule has 1 unspecified atom stereocenters. The number of halogens is 1. The molecule has 0 bridgehead atoms. The van der Waals surface area contributed by atoms with Gasteiger partial charge in [-0.25, -0.2) is 18.1 Å². The van der Waals surface area contributed by atoms with Crippen LogP contribution in [0.25, 0.3) is 5.65 Å². The zero-order valence-electron chi connectivity index (χ0n) is 10.5. The van der Waals surface area contributed by atoms with Crippen molar-refractivity contribution in [3.63, 3.8) is 0 Å².